The number of anilines is 1. The standard InChI is InChI=1S/C17H18BrNO4S/c1-4-23-17(20)13-9-12(3)16(15(18)10-13)19-24(21,22)14-7-5-11(2)6-8-14/h5-10,19H,4H2,1-3H3. The van der Waals surface area contributed by atoms with Crippen LogP contribution in [0.2, 0.25) is 0 Å². The highest BCUT2D eigenvalue weighted by atomic mass is 79.9. The largest absolute Gasteiger partial charge is 0.462 e. The fourth-order valence-corrected chi connectivity index (χ4v) is 4.06. The maximum atomic E-state index is 12.5. The highest BCUT2D eigenvalue weighted by Gasteiger charge is 2.19. The van der Waals surface area contributed by atoms with Crippen molar-refractivity contribution in [3.63, 3.8) is 0 Å². The lowest BCUT2D eigenvalue weighted by Gasteiger charge is -2.14. The first kappa shape index (κ1) is 18.5. The van der Waals surface area contributed by atoms with Crippen LogP contribution < -0.4 is 4.72 Å². The van der Waals surface area contributed by atoms with Gasteiger partial charge in [0.15, 0.2) is 0 Å². The molecule has 0 saturated heterocycles. The molecule has 0 saturated carbocycles. The minimum Gasteiger partial charge on any atom is -0.462 e. The Bertz CT molecular complexity index is 838. The third-order valence-electron chi connectivity index (χ3n) is 3.37. The monoisotopic (exact) mass is 411 g/mol. The molecule has 2 rings (SSSR count). The lowest BCUT2D eigenvalue weighted by atomic mass is 10.1. The van der Waals surface area contributed by atoms with Gasteiger partial charge < -0.3 is 4.74 Å². The number of halogens is 1. The first-order valence-electron chi connectivity index (χ1n) is 7.31. The van der Waals surface area contributed by atoms with Crippen LogP contribution in [-0.2, 0) is 14.8 Å². The summed E-state index contributed by atoms with van der Waals surface area (Å²) in [4.78, 5) is 12.0. The van der Waals surface area contributed by atoms with Crippen LogP contribution in [0.5, 0.6) is 0 Å². The lowest BCUT2D eigenvalue weighted by molar-refractivity contribution is 0.0526. The Morgan fingerprint density at radius 2 is 1.79 bits per heavy atom. The van der Waals surface area contributed by atoms with Crippen LogP contribution in [-0.4, -0.2) is 21.0 Å². The quantitative estimate of drug-likeness (QED) is 0.753. The van der Waals surface area contributed by atoms with Crippen molar-refractivity contribution in [3.8, 4) is 0 Å². The van der Waals surface area contributed by atoms with Gasteiger partial charge in [-0.15, -0.1) is 0 Å². The first-order chi connectivity index (χ1) is 11.2. The number of sulfonamides is 1. The van der Waals surface area contributed by atoms with Crippen molar-refractivity contribution in [2.75, 3.05) is 11.3 Å². The molecule has 0 spiro atoms. The Hall–Kier alpha value is -1.86. The number of aryl methyl sites for hydroxylation is 2. The summed E-state index contributed by atoms with van der Waals surface area (Å²) in [5.41, 5.74) is 2.34. The van der Waals surface area contributed by atoms with Gasteiger partial charge in [0.1, 0.15) is 0 Å². The predicted molar refractivity (Wildman–Crippen MR) is 96.8 cm³/mol. The number of esters is 1. The van der Waals surface area contributed by atoms with Crippen LogP contribution >= 0.6 is 15.9 Å². The topological polar surface area (TPSA) is 72.5 Å². The molecule has 0 bridgehead atoms. The molecule has 0 amide bonds. The SMILES string of the molecule is CCOC(=O)c1cc(C)c(NS(=O)(=O)c2ccc(C)cc2)c(Br)c1. The van der Waals surface area contributed by atoms with Gasteiger partial charge >= 0.3 is 5.97 Å². The second-order valence-corrected chi connectivity index (χ2v) is 7.83. The summed E-state index contributed by atoms with van der Waals surface area (Å²) in [6.07, 6.45) is 0. The van der Waals surface area contributed by atoms with E-state index in [4.69, 9.17) is 4.74 Å². The van der Waals surface area contributed by atoms with E-state index in [-0.39, 0.29) is 11.5 Å². The zero-order valence-corrected chi connectivity index (χ0v) is 16.0. The zero-order valence-electron chi connectivity index (χ0n) is 13.6. The molecule has 0 aromatic heterocycles. The molecule has 2 aromatic rings. The van der Waals surface area contributed by atoms with Crippen molar-refractivity contribution in [1.82, 2.24) is 0 Å². The van der Waals surface area contributed by atoms with Crippen molar-refractivity contribution in [2.45, 2.75) is 25.7 Å². The molecule has 5 nitrogen and oxygen atoms in total. The zero-order chi connectivity index (χ0) is 17.9. The van der Waals surface area contributed by atoms with Gasteiger partial charge in [-0.25, -0.2) is 13.2 Å². The van der Waals surface area contributed by atoms with Gasteiger partial charge in [-0.3, -0.25) is 4.72 Å². The first-order valence-corrected chi connectivity index (χ1v) is 9.59. The fourth-order valence-electron chi connectivity index (χ4n) is 2.12. The molecule has 0 heterocycles. The van der Waals surface area contributed by atoms with E-state index in [1.165, 1.54) is 6.07 Å². The van der Waals surface area contributed by atoms with E-state index >= 15 is 0 Å². The average Bonchev–Trinajstić information content (AvgIpc) is 2.51. The molecule has 0 radical (unpaired) electrons. The summed E-state index contributed by atoms with van der Waals surface area (Å²) in [7, 11) is -3.71. The van der Waals surface area contributed by atoms with Crippen molar-refractivity contribution in [3.05, 3.63) is 57.6 Å². The number of hydrogen-bond donors (Lipinski definition) is 1. The second-order valence-electron chi connectivity index (χ2n) is 5.29. The molecule has 24 heavy (non-hydrogen) atoms. The van der Waals surface area contributed by atoms with Crippen molar-refractivity contribution in [2.24, 2.45) is 0 Å². The van der Waals surface area contributed by atoms with Crippen LogP contribution in [0.4, 0.5) is 5.69 Å². The Kier molecular flexibility index (Phi) is 5.66. The molecular weight excluding hydrogens is 394 g/mol. The maximum Gasteiger partial charge on any atom is 0.338 e. The van der Waals surface area contributed by atoms with E-state index < -0.39 is 16.0 Å². The second kappa shape index (κ2) is 7.36. The molecule has 0 aliphatic rings. The van der Waals surface area contributed by atoms with Gasteiger partial charge in [0.05, 0.1) is 22.8 Å². The molecule has 0 atom stereocenters. The van der Waals surface area contributed by atoms with Crippen LogP contribution in [0.25, 0.3) is 0 Å². The predicted octanol–water partition coefficient (Wildman–Crippen LogP) is 4.04. The van der Waals surface area contributed by atoms with Gasteiger partial charge in [0, 0.05) is 4.47 Å². The van der Waals surface area contributed by atoms with Gasteiger partial charge in [-0.2, -0.15) is 0 Å². The van der Waals surface area contributed by atoms with Gasteiger partial charge in [-0.1, -0.05) is 17.7 Å². The number of ether oxygens (including phenoxy) is 1. The summed E-state index contributed by atoms with van der Waals surface area (Å²) in [6, 6.07) is 9.70. The normalized spacial score (nSPS) is 11.2. The van der Waals surface area contributed by atoms with Gasteiger partial charge in [-0.05, 0) is 66.5 Å². The number of carbonyl (C=O) groups excluding carboxylic acids is 1. The van der Waals surface area contributed by atoms with E-state index in [2.05, 4.69) is 20.7 Å². The number of carbonyl (C=O) groups is 1. The summed E-state index contributed by atoms with van der Waals surface area (Å²) in [5.74, 6) is -0.450. The van der Waals surface area contributed by atoms with Crippen molar-refractivity contribution in [1.29, 1.82) is 0 Å². The summed E-state index contributed by atoms with van der Waals surface area (Å²) >= 11 is 3.32. The van der Waals surface area contributed by atoms with Gasteiger partial charge in [0.2, 0.25) is 0 Å². The van der Waals surface area contributed by atoms with E-state index in [0.717, 1.165) is 5.56 Å². The number of hydrogen-bond acceptors (Lipinski definition) is 4. The summed E-state index contributed by atoms with van der Waals surface area (Å²) in [6.45, 7) is 5.61. The van der Waals surface area contributed by atoms with Crippen LogP contribution in [0.1, 0.15) is 28.4 Å². The van der Waals surface area contributed by atoms with Crippen LogP contribution in [0.15, 0.2) is 45.8 Å². The number of rotatable bonds is 5. The molecular formula is C17H18BrNO4S. The fraction of sp³-hybridized carbons (Fsp3) is 0.235. The molecule has 1 N–H and O–H groups in total. The number of nitrogens with one attached hydrogen (secondary N) is 1. The molecule has 0 aliphatic carbocycles. The Morgan fingerprint density at radius 3 is 2.33 bits per heavy atom. The summed E-state index contributed by atoms with van der Waals surface area (Å²) in [5, 5.41) is 0. The minimum atomic E-state index is -3.71. The van der Waals surface area contributed by atoms with E-state index in [0.29, 0.717) is 21.3 Å². The number of benzene rings is 2. The smallest absolute Gasteiger partial charge is 0.338 e. The summed E-state index contributed by atoms with van der Waals surface area (Å²) < 4.78 is 33.0. The minimum absolute atomic E-state index is 0.175. The van der Waals surface area contributed by atoms with E-state index in [1.54, 1.807) is 44.2 Å². The van der Waals surface area contributed by atoms with Gasteiger partial charge in [0.25, 0.3) is 10.0 Å². The van der Waals surface area contributed by atoms with E-state index in [1.807, 2.05) is 6.92 Å². The Labute approximate surface area is 150 Å². The third kappa shape index (κ3) is 4.15. The van der Waals surface area contributed by atoms with Crippen LogP contribution in [0, 0.1) is 13.8 Å². The molecule has 0 unspecified atom stereocenters. The van der Waals surface area contributed by atoms with E-state index in [9.17, 15) is 13.2 Å². The molecule has 0 fully saturated rings. The highest BCUT2D eigenvalue weighted by molar-refractivity contribution is 9.10. The van der Waals surface area contributed by atoms with Crippen LogP contribution in [0.3, 0.4) is 0 Å². The Morgan fingerprint density at radius 1 is 1.17 bits per heavy atom. The third-order valence-corrected chi connectivity index (χ3v) is 5.36. The van der Waals surface area contributed by atoms with Crippen molar-refractivity contribution < 1.29 is 17.9 Å². The lowest BCUT2D eigenvalue weighted by Crippen LogP contribution is -2.15. The molecule has 2 aromatic carbocycles. The maximum absolute atomic E-state index is 12.5. The Balaban J connectivity index is 2.36. The molecule has 7 heteroatoms. The molecule has 128 valence electrons. The molecule has 0 aliphatic heterocycles. The highest BCUT2D eigenvalue weighted by Crippen LogP contribution is 2.30. The van der Waals surface area contributed by atoms with Crippen molar-refractivity contribution >= 4 is 37.6 Å². The average molecular weight is 412 g/mol.